The van der Waals surface area contributed by atoms with E-state index in [1.807, 2.05) is 16.7 Å². The van der Waals surface area contributed by atoms with Crippen LogP contribution in [0.5, 0.6) is 0 Å². The first kappa shape index (κ1) is 15.9. The third kappa shape index (κ3) is 3.33. The summed E-state index contributed by atoms with van der Waals surface area (Å²) in [7, 11) is 0. The Hall–Kier alpha value is -3.01. The van der Waals surface area contributed by atoms with Gasteiger partial charge in [-0.05, 0) is 12.1 Å². The molecule has 0 N–H and O–H groups in total. The second kappa shape index (κ2) is 7.04. The number of hydrogen-bond donors (Lipinski definition) is 0. The van der Waals surface area contributed by atoms with Crippen molar-refractivity contribution in [2.45, 2.75) is 17.6 Å². The molecule has 10 heteroatoms. The Morgan fingerprint density at radius 3 is 2.92 bits per heavy atom. The highest BCUT2D eigenvalue weighted by Crippen LogP contribution is 2.24. The lowest BCUT2D eigenvalue weighted by Gasteiger charge is -2.07. The van der Waals surface area contributed by atoms with Crippen molar-refractivity contribution in [2.24, 2.45) is 0 Å². The summed E-state index contributed by atoms with van der Waals surface area (Å²) < 4.78 is 3.39. The monoisotopic (exact) mass is 343 g/mol. The first-order valence-corrected chi connectivity index (χ1v) is 7.91. The zero-order valence-electron chi connectivity index (χ0n) is 12.5. The minimum Gasteiger partial charge on any atom is -0.298 e. The smallest absolute Gasteiger partial charge is 0.298 e. The van der Waals surface area contributed by atoms with Crippen molar-refractivity contribution >= 4 is 17.4 Å². The second-order valence-electron chi connectivity index (χ2n) is 4.72. The summed E-state index contributed by atoms with van der Waals surface area (Å²) >= 11 is 1.38. The van der Waals surface area contributed by atoms with Crippen LogP contribution in [-0.2, 0) is 12.4 Å². The molecule has 0 fully saturated rings. The van der Waals surface area contributed by atoms with E-state index in [0.29, 0.717) is 23.4 Å². The van der Waals surface area contributed by atoms with Gasteiger partial charge in [0.1, 0.15) is 12.4 Å². The molecule has 24 heavy (non-hydrogen) atoms. The van der Waals surface area contributed by atoms with Gasteiger partial charge in [-0.25, -0.2) is 0 Å². The summed E-state index contributed by atoms with van der Waals surface area (Å²) in [6.07, 6.45) is 7.76. The molecule has 0 aliphatic carbocycles. The summed E-state index contributed by atoms with van der Waals surface area (Å²) in [5.41, 5.74) is 0.813. The number of nitrogens with zero attached hydrogens (tertiary/aromatic N) is 7. The quantitative estimate of drug-likeness (QED) is 0.281. The van der Waals surface area contributed by atoms with E-state index in [0.717, 1.165) is 5.56 Å². The number of aromatic nitrogens is 6. The van der Waals surface area contributed by atoms with E-state index >= 15 is 0 Å². The summed E-state index contributed by atoms with van der Waals surface area (Å²) in [6, 6.07) is 3.74. The Morgan fingerprint density at radius 1 is 1.38 bits per heavy atom. The van der Waals surface area contributed by atoms with E-state index in [-0.39, 0.29) is 5.69 Å². The van der Waals surface area contributed by atoms with Gasteiger partial charge in [-0.1, -0.05) is 17.8 Å². The zero-order chi connectivity index (χ0) is 16.9. The third-order valence-electron chi connectivity index (χ3n) is 3.10. The first-order chi connectivity index (χ1) is 11.7. The van der Waals surface area contributed by atoms with Gasteiger partial charge in [-0.3, -0.25) is 24.3 Å². The number of hydrogen-bond acceptors (Lipinski definition) is 7. The fraction of sp³-hybridized carbons (Fsp3) is 0.143. The van der Waals surface area contributed by atoms with Crippen LogP contribution in [-0.4, -0.2) is 34.5 Å². The molecule has 3 heterocycles. The Labute approximate surface area is 141 Å². The van der Waals surface area contributed by atoms with Crippen LogP contribution in [0.4, 0.5) is 5.69 Å². The van der Waals surface area contributed by atoms with Crippen LogP contribution >= 0.6 is 11.8 Å². The van der Waals surface area contributed by atoms with Gasteiger partial charge in [-0.15, -0.1) is 16.8 Å². The van der Waals surface area contributed by atoms with Crippen LogP contribution in [0.25, 0.3) is 11.4 Å². The van der Waals surface area contributed by atoms with E-state index in [9.17, 15) is 10.1 Å². The molecule has 0 aliphatic rings. The molecule has 0 amide bonds. The van der Waals surface area contributed by atoms with Crippen molar-refractivity contribution in [3.8, 4) is 11.4 Å². The fourth-order valence-electron chi connectivity index (χ4n) is 2.04. The molecule has 3 aromatic rings. The van der Waals surface area contributed by atoms with Gasteiger partial charge in [0.2, 0.25) is 0 Å². The Kier molecular flexibility index (Phi) is 4.66. The molecular formula is C14H13N7O2S. The lowest BCUT2D eigenvalue weighted by molar-refractivity contribution is -0.385. The average Bonchev–Trinajstić information content (AvgIpc) is 3.21. The number of pyridine rings is 1. The summed E-state index contributed by atoms with van der Waals surface area (Å²) in [6.45, 7) is 4.30. The highest BCUT2D eigenvalue weighted by atomic mass is 32.2. The SMILES string of the molecule is C=CCn1c(SCn2cc([N+](=O)[O-])cn2)nnc1-c1cccnc1. The van der Waals surface area contributed by atoms with Gasteiger partial charge in [0.25, 0.3) is 0 Å². The van der Waals surface area contributed by atoms with Gasteiger partial charge in [-0.2, -0.15) is 5.10 Å². The van der Waals surface area contributed by atoms with Crippen molar-refractivity contribution in [3.05, 3.63) is 59.7 Å². The van der Waals surface area contributed by atoms with Crippen LogP contribution in [0, 0.1) is 10.1 Å². The molecule has 0 radical (unpaired) electrons. The molecule has 0 atom stereocenters. The van der Waals surface area contributed by atoms with Crippen LogP contribution < -0.4 is 0 Å². The van der Waals surface area contributed by atoms with Crippen molar-refractivity contribution < 1.29 is 4.92 Å². The van der Waals surface area contributed by atoms with Gasteiger partial charge >= 0.3 is 5.69 Å². The standard InChI is InChI=1S/C14H13N7O2S/c1-2-6-20-13(11-4-3-5-15-7-11)17-18-14(20)24-10-19-9-12(8-16-19)21(22)23/h2-5,7-9H,1,6,10H2. The van der Waals surface area contributed by atoms with E-state index in [2.05, 4.69) is 26.9 Å². The molecule has 0 unspecified atom stereocenters. The third-order valence-corrected chi connectivity index (χ3v) is 4.06. The molecule has 0 saturated carbocycles. The number of thioether (sulfide) groups is 1. The normalized spacial score (nSPS) is 10.7. The molecule has 0 aliphatic heterocycles. The van der Waals surface area contributed by atoms with Gasteiger partial charge in [0.05, 0.1) is 10.8 Å². The van der Waals surface area contributed by atoms with E-state index < -0.39 is 4.92 Å². The van der Waals surface area contributed by atoms with E-state index in [1.165, 1.54) is 28.8 Å². The van der Waals surface area contributed by atoms with Crippen LogP contribution in [0.2, 0.25) is 0 Å². The largest absolute Gasteiger partial charge is 0.307 e. The first-order valence-electron chi connectivity index (χ1n) is 6.93. The molecule has 3 aromatic heterocycles. The van der Waals surface area contributed by atoms with Crippen molar-refractivity contribution in [1.82, 2.24) is 29.5 Å². The fourth-order valence-corrected chi connectivity index (χ4v) is 2.84. The maximum absolute atomic E-state index is 10.7. The predicted octanol–water partition coefficient (Wildman–Crippen LogP) is 2.38. The maximum Gasteiger partial charge on any atom is 0.307 e. The van der Waals surface area contributed by atoms with Crippen molar-refractivity contribution in [2.75, 3.05) is 0 Å². The summed E-state index contributed by atoms with van der Waals surface area (Å²) in [4.78, 5) is 14.3. The highest BCUT2D eigenvalue weighted by molar-refractivity contribution is 7.98. The van der Waals surface area contributed by atoms with Crippen LogP contribution in [0.3, 0.4) is 0 Å². The second-order valence-corrected chi connectivity index (χ2v) is 5.63. The zero-order valence-corrected chi connectivity index (χ0v) is 13.3. The average molecular weight is 343 g/mol. The van der Waals surface area contributed by atoms with Crippen LogP contribution in [0.15, 0.2) is 54.7 Å². The number of allylic oxidation sites excluding steroid dienone is 1. The van der Waals surface area contributed by atoms with Gasteiger partial charge in [0, 0.05) is 24.5 Å². The summed E-state index contributed by atoms with van der Waals surface area (Å²) in [5, 5.41) is 23.7. The minimum absolute atomic E-state index is 0.0424. The molecular weight excluding hydrogens is 330 g/mol. The Bertz CT molecular complexity index is 859. The maximum atomic E-state index is 10.7. The molecule has 0 spiro atoms. The number of nitro groups is 1. The lowest BCUT2D eigenvalue weighted by atomic mass is 10.3. The Balaban J connectivity index is 1.81. The van der Waals surface area contributed by atoms with E-state index in [4.69, 9.17) is 0 Å². The predicted molar refractivity (Wildman–Crippen MR) is 88.2 cm³/mol. The topological polar surface area (TPSA) is 105 Å². The molecule has 122 valence electrons. The van der Waals surface area contributed by atoms with E-state index in [1.54, 1.807) is 18.5 Å². The van der Waals surface area contributed by atoms with Gasteiger partial charge in [0.15, 0.2) is 11.0 Å². The van der Waals surface area contributed by atoms with Gasteiger partial charge < -0.3 is 0 Å². The summed E-state index contributed by atoms with van der Waals surface area (Å²) in [5.74, 6) is 1.08. The molecule has 3 rings (SSSR count). The number of rotatable bonds is 7. The highest BCUT2D eigenvalue weighted by Gasteiger charge is 2.15. The van der Waals surface area contributed by atoms with Crippen molar-refractivity contribution in [1.29, 1.82) is 0 Å². The molecule has 0 aromatic carbocycles. The molecule has 0 saturated heterocycles. The Morgan fingerprint density at radius 2 is 2.25 bits per heavy atom. The minimum atomic E-state index is -0.477. The van der Waals surface area contributed by atoms with Crippen LogP contribution in [0.1, 0.15) is 0 Å². The molecule has 9 nitrogen and oxygen atoms in total. The molecule has 0 bridgehead atoms. The van der Waals surface area contributed by atoms with Crippen molar-refractivity contribution in [3.63, 3.8) is 0 Å². The lowest BCUT2D eigenvalue weighted by Crippen LogP contribution is -2.02.